The summed E-state index contributed by atoms with van der Waals surface area (Å²) >= 11 is 0. The highest BCUT2D eigenvalue weighted by atomic mass is 19.2. The van der Waals surface area contributed by atoms with Gasteiger partial charge in [-0.25, -0.2) is 13.2 Å². The van der Waals surface area contributed by atoms with Crippen LogP contribution in [0.5, 0.6) is 11.5 Å². The molecule has 0 spiro atoms. The van der Waals surface area contributed by atoms with Crippen molar-refractivity contribution in [2.24, 2.45) is 0 Å². The summed E-state index contributed by atoms with van der Waals surface area (Å²) in [6, 6.07) is 22.2. The molecule has 0 heterocycles. The first-order chi connectivity index (χ1) is 17.0. The molecule has 0 fully saturated rings. The molecule has 0 aromatic heterocycles. The van der Waals surface area contributed by atoms with Gasteiger partial charge >= 0.3 is 0 Å². The first-order valence-corrected chi connectivity index (χ1v) is 11.7. The lowest BCUT2D eigenvalue weighted by Crippen LogP contribution is -2.02. The molecule has 4 rings (SSSR count). The smallest absolute Gasteiger partial charge is 0.167 e. The maximum absolute atomic E-state index is 14.7. The van der Waals surface area contributed by atoms with E-state index in [2.05, 4.69) is 0 Å². The zero-order valence-electron chi connectivity index (χ0n) is 19.8. The van der Waals surface area contributed by atoms with Crippen molar-refractivity contribution < 1.29 is 22.6 Å². The first-order valence-electron chi connectivity index (χ1n) is 11.7. The lowest BCUT2D eigenvalue weighted by molar-refractivity contribution is 0.294. The number of hydrogen-bond acceptors (Lipinski definition) is 2. The molecule has 5 heteroatoms. The zero-order valence-corrected chi connectivity index (χ0v) is 19.8. The van der Waals surface area contributed by atoms with E-state index >= 15 is 0 Å². The van der Waals surface area contributed by atoms with Crippen molar-refractivity contribution in [2.75, 3.05) is 6.61 Å². The Morgan fingerprint density at radius 3 is 2.06 bits per heavy atom. The van der Waals surface area contributed by atoms with E-state index in [1.165, 1.54) is 12.1 Å². The molecule has 2 nitrogen and oxygen atoms in total. The summed E-state index contributed by atoms with van der Waals surface area (Å²) in [6.45, 7) is 4.35. The number of rotatable bonds is 9. The number of aryl methyl sites for hydroxylation is 1. The van der Waals surface area contributed by atoms with Gasteiger partial charge in [0.1, 0.15) is 12.4 Å². The van der Waals surface area contributed by atoms with E-state index in [9.17, 15) is 13.2 Å². The normalized spacial score (nSPS) is 10.9. The van der Waals surface area contributed by atoms with Crippen LogP contribution in [0.25, 0.3) is 22.3 Å². The highest BCUT2D eigenvalue weighted by Gasteiger charge is 2.15. The van der Waals surface area contributed by atoms with Gasteiger partial charge in [0.05, 0.1) is 6.61 Å². The van der Waals surface area contributed by atoms with Crippen LogP contribution < -0.4 is 9.47 Å². The molecule has 4 aromatic rings. The van der Waals surface area contributed by atoms with Crippen LogP contribution in [0.15, 0.2) is 78.9 Å². The fraction of sp³-hybridized carbons (Fsp3) is 0.200. The summed E-state index contributed by atoms with van der Waals surface area (Å²) < 4.78 is 54.9. The van der Waals surface area contributed by atoms with Gasteiger partial charge < -0.3 is 9.47 Å². The van der Waals surface area contributed by atoms with Crippen molar-refractivity contribution in [3.05, 3.63) is 107 Å². The van der Waals surface area contributed by atoms with Crippen LogP contribution in [-0.4, -0.2) is 6.61 Å². The summed E-state index contributed by atoms with van der Waals surface area (Å²) in [4.78, 5) is 0. The Morgan fingerprint density at radius 2 is 1.37 bits per heavy atom. The summed E-state index contributed by atoms with van der Waals surface area (Å²) in [5.74, 6) is -1.49. The molecule has 0 saturated heterocycles. The van der Waals surface area contributed by atoms with Gasteiger partial charge in [-0.2, -0.15) is 0 Å². The Kier molecular flexibility index (Phi) is 7.76. The quantitative estimate of drug-likeness (QED) is 0.226. The summed E-state index contributed by atoms with van der Waals surface area (Å²) in [6.07, 6.45) is 1.85. The number of halogens is 3. The molecule has 0 N–H and O–H groups in total. The third-order valence-electron chi connectivity index (χ3n) is 5.79. The molecule has 0 amide bonds. The standard InChI is InChI=1S/C30H27F3O2/c1-3-4-17-34-28-16-12-23(18-27(28)31)21-9-13-25(14-10-21)35-19-24-11-15-26(30(33)29(24)32)22-7-5-20(2)6-8-22/h5-16,18H,3-4,17,19H2,1-2H3. The monoisotopic (exact) mass is 476 g/mol. The van der Waals surface area contributed by atoms with Gasteiger partial charge in [-0.1, -0.05) is 73.5 Å². The minimum absolute atomic E-state index is 0.116. The number of hydrogen-bond donors (Lipinski definition) is 0. The first kappa shape index (κ1) is 24.4. The van der Waals surface area contributed by atoms with E-state index in [-0.39, 0.29) is 23.5 Å². The summed E-state index contributed by atoms with van der Waals surface area (Å²) in [5.41, 5.74) is 3.51. The topological polar surface area (TPSA) is 18.5 Å². The minimum atomic E-state index is -0.920. The van der Waals surface area contributed by atoms with Crippen LogP contribution in [0.3, 0.4) is 0 Å². The van der Waals surface area contributed by atoms with Crippen LogP contribution >= 0.6 is 0 Å². The molecule has 0 unspecified atom stereocenters. The van der Waals surface area contributed by atoms with Crippen LogP contribution in [-0.2, 0) is 6.61 Å². The lowest BCUT2D eigenvalue weighted by Gasteiger charge is -2.11. The molecule has 0 saturated carbocycles. The second kappa shape index (κ2) is 11.1. The molecular formula is C30H27F3O2. The average Bonchev–Trinajstić information content (AvgIpc) is 2.87. The maximum atomic E-state index is 14.7. The van der Waals surface area contributed by atoms with Gasteiger partial charge in [-0.3, -0.25) is 0 Å². The van der Waals surface area contributed by atoms with Crippen molar-refractivity contribution >= 4 is 0 Å². The Morgan fingerprint density at radius 1 is 0.686 bits per heavy atom. The van der Waals surface area contributed by atoms with E-state index in [4.69, 9.17) is 9.47 Å². The van der Waals surface area contributed by atoms with Crippen molar-refractivity contribution in [1.29, 1.82) is 0 Å². The molecule has 35 heavy (non-hydrogen) atoms. The van der Waals surface area contributed by atoms with Crippen LogP contribution in [0.2, 0.25) is 0 Å². The van der Waals surface area contributed by atoms with E-state index in [1.54, 1.807) is 54.6 Å². The van der Waals surface area contributed by atoms with Gasteiger partial charge in [0.25, 0.3) is 0 Å². The van der Waals surface area contributed by atoms with Gasteiger partial charge in [-0.15, -0.1) is 0 Å². The minimum Gasteiger partial charge on any atom is -0.491 e. The molecule has 180 valence electrons. The highest BCUT2D eigenvalue weighted by molar-refractivity contribution is 5.66. The van der Waals surface area contributed by atoms with Crippen molar-refractivity contribution in [3.8, 4) is 33.8 Å². The van der Waals surface area contributed by atoms with Crippen LogP contribution in [0.4, 0.5) is 13.2 Å². The Bertz CT molecular complexity index is 1280. The molecule has 0 radical (unpaired) electrons. The van der Waals surface area contributed by atoms with Crippen molar-refractivity contribution in [2.45, 2.75) is 33.3 Å². The second-order valence-corrected chi connectivity index (χ2v) is 8.43. The molecule has 0 atom stereocenters. The third-order valence-corrected chi connectivity index (χ3v) is 5.79. The Hall–Kier alpha value is -3.73. The number of ether oxygens (including phenoxy) is 2. The fourth-order valence-electron chi connectivity index (χ4n) is 3.69. The third kappa shape index (κ3) is 5.86. The fourth-order valence-corrected chi connectivity index (χ4v) is 3.69. The Labute approximate surface area is 204 Å². The largest absolute Gasteiger partial charge is 0.491 e. The predicted molar refractivity (Wildman–Crippen MR) is 133 cm³/mol. The van der Waals surface area contributed by atoms with E-state index in [0.717, 1.165) is 24.0 Å². The molecule has 0 bridgehead atoms. The van der Waals surface area contributed by atoms with Crippen molar-refractivity contribution in [1.82, 2.24) is 0 Å². The molecular weight excluding hydrogens is 449 g/mol. The highest BCUT2D eigenvalue weighted by Crippen LogP contribution is 2.29. The molecule has 0 aliphatic heterocycles. The maximum Gasteiger partial charge on any atom is 0.167 e. The van der Waals surface area contributed by atoms with Crippen molar-refractivity contribution in [3.63, 3.8) is 0 Å². The van der Waals surface area contributed by atoms with Gasteiger partial charge in [0.15, 0.2) is 23.2 Å². The summed E-state index contributed by atoms with van der Waals surface area (Å²) in [7, 11) is 0. The van der Waals surface area contributed by atoms with Gasteiger partial charge in [0.2, 0.25) is 0 Å². The zero-order chi connectivity index (χ0) is 24.8. The van der Waals surface area contributed by atoms with E-state index in [1.807, 2.05) is 26.0 Å². The Balaban J connectivity index is 1.42. The van der Waals surface area contributed by atoms with Gasteiger partial charge in [0, 0.05) is 11.1 Å². The summed E-state index contributed by atoms with van der Waals surface area (Å²) in [5, 5.41) is 0. The molecule has 0 aliphatic carbocycles. The average molecular weight is 477 g/mol. The van der Waals surface area contributed by atoms with E-state index < -0.39 is 17.5 Å². The van der Waals surface area contributed by atoms with Crippen LogP contribution in [0.1, 0.15) is 30.9 Å². The second-order valence-electron chi connectivity index (χ2n) is 8.43. The number of unbranched alkanes of at least 4 members (excludes halogenated alkanes) is 1. The van der Waals surface area contributed by atoms with Crippen LogP contribution in [0, 0.1) is 24.4 Å². The van der Waals surface area contributed by atoms with Gasteiger partial charge in [-0.05, 0) is 54.3 Å². The van der Waals surface area contributed by atoms with E-state index in [0.29, 0.717) is 23.5 Å². The SMILES string of the molecule is CCCCOc1ccc(-c2ccc(OCc3ccc(-c4ccc(C)cc4)c(F)c3F)cc2)cc1F. The number of benzene rings is 4. The molecule has 4 aromatic carbocycles. The predicted octanol–water partition coefficient (Wildman–Crippen LogP) is 8.50. The molecule has 0 aliphatic rings. The lowest BCUT2D eigenvalue weighted by atomic mass is 10.0.